The molecule has 0 aliphatic rings. The Balaban J connectivity index is 2.16. The molecule has 0 saturated heterocycles. The third-order valence-electron chi connectivity index (χ3n) is 6.80. The van der Waals surface area contributed by atoms with E-state index in [1.165, 1.54) is 70.7 Å². The number of sulfonamides is 1. The maximum atomic E-state index is 14.3. The van der Waals surface area contributed by atoms with Gasteiger partial charge >= 0.3 is 0 Å². The van der Waals surface area contributed by atoms with Crippen LogP contribution in [0.15, 0.2) is 65.6 Å². The molecule has 0 aliphatic carbocycles. The van der Waals surface area contributed by atoms with Gasteiger partial charge in [0.25, 0.3) is 10.0 Å². The Hall–Kier alpha value is -4.65. The summed E-state index contributed by atoms with van der Waals surface area (Å²) < 4.78 is 56.2. The molecule has 1 atom stereocenters. The van der Waals surface area contributed by atoms with Crippen LogP contribution < -0.4 is 33.3 Å². The highest BCUT2D eigenvalue weighted by atomic mass is 32.2. The molecule has 0 aliphatic heterocycles. The minimum absolute atomic E-state index is 0.0247. The van der Waals surface area contributed by atoms with Crippen LogP contribution in [-0.2, 0) is 26.2 Å². The maximum absolute atomic E-state index is 14.3. The van der Waals surface area contributed by atoms with Crippen molar-refractivity contribution in [1.29, 1.82) is 0 Å². The number of hydrogen-bond donors (Lipinski definition) is 1. The van der Waals surface area contributed by atoms with Gasteiger partial charge in [0.2, 0.25) is 11.8 Å². The fraction of sp³-hybridized carbons (Fsp3) is 0.333. The molecule has 0 radical (unpaired) electrons. The minimum atomic E-state index is -4.43. The van der Waals surface area contributed by atoms with Crippen molar-refractivity contribution < 1.29 is 41.7 Å². The van der Waals surface area contributed by atoms with E-state index in [0.717, 1.165) is 4.31 Å². The Labute approximate surface area is 252 Å². The highest BCUT2D eigenvalue weighted by molar-refractivity contribution is 7.92. The van der Waals surface area contributed by atoms with Crippen molar-refractivity contribution in [2.75, 3.05) is 53.4 Å². The summed E-state index contributed by atoms with van der Waals surface area (Å²) in [5.41, 5.74) is 0.764. The van der Waals surface area contributed by atoms with Crippen molar-refractivity contribution in [1.82, 2.24) is 10.2 Å². The molecule has 2 amide bonds. The van der Waals surface area contributed by atoms with Gasteiger partial charge in [-0.25, -0.2) is 8.42 Å². The predicted octanol–water partition coefficient (Wildman–Crippen LogP) is 3.09. The molecule has 232 valence electrons. The highest BCUT2D eigenvalue weighted by Crippen LogP contribution is 2.37. The zero-order valence-corrected chi connectivity index (χ0v) is 26.1. The quantitative estimate of drug-likeness (QED) is 0.291. The third-order valence-corrected chi connectivity index (χ3v) is 8.56. The van der Waals surface area contributed by atoms with Crippen LogP contribution in [0.2, 0.25) is 0 Å². The number of nitrogens with zero attached hydrogens (tertiary/aromatic N) is 2. The molecular weight excluding hydrogens is 578 g/mol. The molecule has 3 aromatic carbocycles. The van der Waals surface area contributed by atoms with E-state index in [-0.39, 0.29) is 28.6 Å². The topological polar surface area (TPSA) is 133 Å². The molecule has 3 aromatic rings. The van der Waals surface area contributed by atoms with Crippen molar-refractivity contribution in [2.24, 2.45) is 0 Å². The van der Waals surface area contributed by atoms with Gasteiger partial charge in [-0.3, -0.25) is 13.9 Å². The molecule has 0 saturated carbocycles. The molecule has 0 heterocycles. The number of nitrogens with one attached hydrogen (secondary N) is 1. The lowest BCUT2D eigenvalue weighted by Crippen LogP contribution is -2.50. The number of methoxy groups -OCH3 is 5. The summed E-state index contributed by atoms with van der Waals surface area (Å²) in [6.07, 6.45) is 0. The van der Waals surface area contributed by atoms with Crippen LogP contribution >= 0.6 is 0 Å². The van der Waals surface area contributed by atoms with Gasteiger partial charge < -0.3 is 33.9 Å². The summed E-state index contributed by atoms with van der Waals surface area (Å²) in [5, 5.41) is 2.56. The van der Waals surface area contributed by atoms with Gasteiger partial charge in [0.1, 0.15) is 29.8 Å². The van der Waals surface area contributed by atoms with Crippen LogP contribution in [0.1, 0.15) is 12.5 Å². The summed E-state index contributed by atoms with van der Waals surface area (Å²) >= 11 is 0. The van der Waals surface area contributed by atoms with Crippen molar-refractivity contribution in [2.45, 2.75) is 24.4 Å². The predicted molar refractivity (Wildman–Crippen MR) is 161 cm³/mol. The highest BCUT2D eigenvalue weighted by Gasteiger charge is 2.34. The lowest BCUT2D eigenvalue weighted by molar-refractivity contribution is -0.139. The van der Waals surface area contributed by atoms with Crippen molar-refractivity contribution >= 4 is 27.5 Å². The zero-order chi connectivity index (χ0) is 31.7. The Morgan fingerprint density at radius 3 is 1.91 bits per heavy atom. The summed E-state index contributed by atoms with van der Waals surface area (Å²) in [5.74, 6) is 0.590. The normalized spacial score (nSPS) is 11.6. The monoisotopic (exact) mass is 615 g/mol. The second-order valence-electron chi connectivity index (χ2n) is 9.23. The van der Waals surface area contributed by atoms with Crippen LogP contribution in [0.4, 0.5) is 5.69 Å². The number of carbonyl (C=O) groups is 2. The van der Waals surface area contributed by atoms with Crippen LogP contribution in [0.25, 0.3) is 0 Å². The smallest absolute Gasteiger partial charge is 0.265 e. The number of amides is 2. The van der Waals surface area contributed by atoms with E-state index in [1.54, 1.807) is 44.4 Å². The fourth-order valence-corrected chi connectivity index (χ4v) is 5.76. The Morgan fingerprint density at radius 1 is 0.767 bits per heavy atom. The molecule has 43 heavy (non-hydrogen) atoms. The molecule has 0 aromatic heterocycles. The average Bonchev–Trinajstić information content (AvgIpc) is 3.04. The number of hydrogen-bond acceptors (Lipinski definition) is 9. The lowest BCUT2D eigenvalue weighted by atomic mass is 10.1. The molecule has 0 spiro atoms. The molecule has 0 bridgehead atoms. The van der Waals surface area contributed by atoms with Gasteiger partial charge in [-0.15, -0.1) is 0 Å². The maximum Gasteiger partial charge on any atom is 0.265 e. The van der Waals surface area contributed by atoms with Gasteiger partial charge in [-0.1, -0.05) is 12.1 Å². The first kappa shape index (κ1) is 32.9. The fourth-order valence-electron chi connectivity index (χ4n) is 4.33. The van der Waals surface area contributed by atoms with Gasteiger partial charge in [0.15, 0.2) is 11.5 Å². The number of anilines is 1. The van der Waals surface area contributed by atoms with E-state index in [9.17, 15) is 18.0 Å². The van der Waals surface area contributed by atoms with Crippen LogP contribution in [-0.4, -0.2) is 80.3 Å². The van der Waals surface area contributed by atoms with Crippen molar-refractivity contribution in [3.63, 3.8) is 0 Å². The number of ether oxygens (including phenoxy) is 5. The number of likely N-dealkylation sites (N-methyl/N-ethyl adjacent to an activating group) is 1. The first-order valence-electron chi connectivity index (χ1n) is 13.1. The van der Waals surface area contributed by atoms with Crippen molar-refractivity contribution in [3.8, 4) is 28.7 Å². The average molecular weight is 616 g/mol. The molecule has 13 heteroatoms. The lowest BCUT2D eigenvalue weighted by Gasteiger charge is -2.32. The Morgan fingerprint density at radius 2 is 1.35 bits per heavy atom. The van der Waals surface area contributed by atoms with Crippen LogP contribution in [0, 0.1) is 0 Å². The van der Waals surface area contributed by atoms with E-state index in [2.05, 4.69) is 5.32 Å². The SMILES string of the molecule is CNC(=O)[C@@H](C)N(Cc1ccc(OC)cc1)C(=O)CN(c1cc(OC)ccc1OC)S(=O)(=O)c1ccc(OC)c(OC)c1. The number of carbonyl (C=O) groups excluding carboxylic acids is 2. The largest absolute Gasteiger partial charge is 0.497 e. The number of rotatable bonds is 14. The van der Waals surface area contributed by atoms with Crippen LogP contribution in [0.5, 0.6) is 28.7 Å². The van der Waals surface area contributed by atoms with E-state index in [0.29, 0.717) is 22.8 Å². The van der Waals surface area contributed by atoms with Gasteiger partial charge in [0.05, 0.1) is 46.1 Å². The Bertz CT molecular complexity index is 1530. The zero-order valence-electron chi connectivity index (χ0n) is 25.2. The summed E-state index contributed by atoms with van der Waals surface area (Å²) in [7, 11) is 4.21. The summed E-state index contributed by atoms with van der Waals surface area (Å²) in [6.45, 7) is 0.925. The molecule has 3 rings (SSSR count). The van der Waals surface area contributed by atoms with Gasteiger partial charge in [-0.2, -0.15) is 0 Å². The molecule has 1 N–H and O–H groups in total. The first-order valence-corrected chi connectivity index (χ1v) is 14.6. The van der Waals surface area contributed by atoms with Crippen molar-refractivity contribution in [3.05, 3.63) is 66.2 Å². The van der Waals surface area contributed by atoms with E-state index in [4.69, 9.17) is 23.7 Å². The molecule has 0 fully saturated rings. The molecule has 12 nitrogen and oxygen atoms in total. The van der Waals surface area contributed by atoms with E-state index in [1.807, 2.05) is 0 Å². The van der Waals surface area contributed by atoms with Crippen LogP contribution in [0.3, 0.4) is 0 Å². The summed E-state index contributed by atoms with van der Waals surface area (Å²) in [4.78, 5) is 27.9. The van der Waals surface area contributed by atoms with E-state index < -0.39 is 34.4 Å². The summed E-state index contributed by atoms with van der Waals surface area (Å²) in [6, 6.07) is 14.8. The first-order chi connectivity index (χ1) is 20.5. The standard InChI is InChI=1S/C30H37N3O9S/c1-20(30(35)31-2)32(18-21-8-10-22(38-3)11-9-21)29(34)19-33(25-16-23(39-4)12-14-26(25)40-5)43(36,37)24-13-15-27(41-6)28(17-24)42-7/h8-17,20H,18-19H2,1-7H3,(H,31,35)/t20-/m1/s1. The van der Waals surface area contributed by atoms with Gasteiger partial charge in [0, 0.05) is 25.7 Å². The van der Waals surface area contributed by atoms with E-state index >= 15 is 0 Å². The second kappa shape index (κ2) is 14.5. The third kappa shape index (κ3) is 7.41. The Kier molecular flexibility index (Phi) is 11.1. The number of benzene rings is 3. The second-order valence-corrected chi connectivity index (χ2v) is 11.1. The molecular formula is C30H37N3O9S. The van der Waals surface area contributed by atoms with Gasteiger partial charge in [-0.05, 0) is 48.9 Å². The molecule has 0 unspecified atom stereocenters. The minimum Gasteiger partial charge on any atom is -0.497 e.